The SMILES string of the molecule is CCN=C=NC1CCN(C)CC1. The van der Waals surface area contributed by atoms with Crippen molar-refractivity contribution in [2.24, 2.45) is 9.98 Å². The van der Waals surface area contributed by atoms with Gasteiger partial charge >= 0.3 is 0 Å². The van der Waals surface area contributed by atoms with Gasteiger partial charge in [-0.05, 0) is 39.9 Å². The fraction of sp³-hybridized carbons (Fsp3) is 0.889. The molecule has 0 spiro atoms. The van der Waals surface area contributed by atoms with E-state index in [4.69, 9.17) is 0 Å². The predicted molar refractivity (Wildman–Crippen MR) is 50.9 cm³/mol. The average molecular weight is 167 g/mol. The molecule has 1 rings (SSSR count). The topological polar surface area (TPSA) is 28.0 Å². The van der Waals surface area contributed by atoms with Gasteiger partial charge in [-0.15, -0.1) is 0 Å². The molecular formula is C9H17N3. The molecule has 0 aromatic carbocycles. The normalized spacial score (nSPS) is 20.2. The summed E-state index contributed by atoms with van der Waals surface area (Å²) in [5, 5.41) is 0. The fourth-order valence-electron chi connectivity index (χ4n) is 1.32. The lowest BCUT2D eigenvalue weighted by Crippen LogP contribution is -2.31. The zero-order valence-electron chi connectivity index (χ0n) is 7.95. The van der Waals surface area contributed by atoms with Crippen molar-refractivity contribution in [2.75, 3.05) is 26.7 Å². The van der Waals surface area contributed by atoms with E-state index >= 15 is 0 Å². The van der Waals surface area contributed by atoms with Crippen molar-refractivity contribution in [2.45, 2.75) is 25.8 Å². The maximum atomic E-state index is 4.26. The monoisotopic (exact) mass is 167 g/mol. The molecule has 0 bridgehead atoms. The van der Waals surface area contributed by atoms with Gasteiger partial charge in [0, 0.05) is 6.54 Å². The summed E-state index contributed by atoms with van der Waals surface area (Å²) >= 11 is 0. The number of aliphatic imine (C=N–C) groups is 2. The van der Waals surface area contributed by atoms with E-state index in [-0.39, 0.29) is 0 Å². The Morgan fingerprint density at radius 3 is 2.67 bits per heavy atom. The minimum Gasteiger partial charge on any atom is -0.306 e. The Balaban J connectivity index is 2.30. The van der Waals surface area contributed by atoms with E-state index in [2.05, 4.69) is 27.9 Å². The quantitative estimate of drug-likeness (QED) is 0.569. The van der Waals surface area contributed by atoms with E-state index in [1.807, 2.05) is 6.92 Å². The van der Waals surface area contributed by atoms with Gasteiger partial charge < -0.3 is 4.90 Å². The third-order valence-electron chi connectivity index (χ3n) is 2.16. The van der Waals surface area contributed by atoms with Gasteiger partial charge in [0.1, 0.15) is 0 Å². The van der Waals surface area contributed by atoms with Gasteiger partial charge in [-0.1, -0.05) is 0 Å². The summed E-state index contributed by atoms with van der Waals surface area (Å²) in [6.07, 6.45) is 2.31. The van der Waals surface area contributed by atoms with Crippen molar-refractivity contribution in [3.63, 3.8) is 0 Å². The van der Waals surface area contributed by atoms with Crippen LogP contribution in [0.15, 0.2) is 9.98 Å². The molecule has 1 fully saturated rings. The van der Waals surface area contributed by atoms with Gasteiger partial charge in [-0.3, -0.25) is 0 Å². The van der Waals surface area contributed by atoms with Crippen LogP contribution in [0.3, 0.4) is 0 Å². The first-order chi connectivity index (χ1) is 5.83. The van der Waals surface area contributed by atoms with Crippen LogP contribution in [0, 0.1) is 0 Å². The zero-order valence-corrected chi connectivity index (χ0v) is 7.95. The summed E-state index contributed by atoms with van der Waals surface area (Å²) < 4.78 is 0. The number of rotatable bonds is 2. The molecule has 1 aliphatic rings. The van der Waals surface area contributed by atoms with Crippen molar-refractivity contribution < 1.29 is 0 Å². The van der Waals surface area contributed by atoms with Crippen LogP contribution in [0.5, 0.6) is 0 Å². The first-order valence-electron chi connectivity index (χ1n) is 4.62. The van der Waals surface area contributed by atoms with Crippen LogP contribution in [-0.2, 0) is 0 Å². The van der Waals surface area contributed by atoms with Crippen LogP contribution in [0.25, 0.3) is 0 Å². The second kappa shape index (κ2) is 5.07. The van der Waals surface area contributed by atoms with Crippen LogP contribution in [0.1, 0.15) is 19.8 Å². The zero-order chi connectivity index (χ0) is 8.81. The molecule has 3 nitrogen and oxygen atoms in total. The standard InChI is InChI=1S/C9H17N3/c1-3-10-8-11-9-4-6-12(2)7-5-9/h9H,3-7H2,1-2H3. The van der Waals surface area contributed by atoms with Crippen LogP contribution >= 0.6 is 0 Å². The van der Waals surface area contributed by atoms with Gasteiger partial charge in [0.2, 0.25) is 0 Å². The molecule has 0 unspecified atom stereocenters. The Bertz CT molecular complexity index is 174. The molecule has 0 aromatic heterocycles. The molecular weight excluding hydrogens is 150 g/mol. The van der Waals surface area contributed by atoms with E-state index in [0.717, 1.165) is 32.5 Å². The smallest absolute Gasteiger partial charge is 0.0895 e. The molecule has 3 heteroatoms. The Hall–Kier alpha value is -0.660. The van der Waals surface area contributed by atoms with E-state index < -0.39 is 0 Å². The molecule has 0 atom stereocenters. The number of hydrogen-bond donors (Lipinski definition) is 0. The van der Waals surface area contributed by atoms with Crippen molar-refractivity contribution in [3.8, 4) is 0 Å². The minimum atomic E-state index is 0.469. The van der Waals surface area contributed by atoms with Gasteiger partial charge in [0.05, 0.1) is 12.1 Å². The number of likely N-dealkylation sites (tertiary alicyclic amines) is 1. The highest BCUT2D eigenvalue weighted by Gasteiger charge is 2.14. The maximum absolute atomic E-state index is 4.26. The summed E-state index contributed by atoms with van der Waals surface area (Å²) in [6.45, 7) is 5.09. The molecule has 0 saturated carbocycles. The lowest BCUT2D eigenvalue weighted by atomic mass is 10.1. The Morgan fingerprint density at radius 1 is 1.42 bits per heavy atom. The van der Waals surface area contributed by atoms with Crippen molar-refractivity contribution >= 4 is 6.01 Å². The molecule has 12 heavy (non-hydrogen) atoms. The van der Waals surface area contributed by atoms with Crippen LogP contribution in [-0.4, -0.2) is 43.6 Å². The van der Waals surface area contributed by atoms with Gasteiger partial charge in [0.15, 0.2) is 0 Å². The predicted octanol–water partition coefficient (Wildman–Crippen LogP) is 1.27. The second-order valence-corrected chi connectivity index (χ2v) is 3.24. The maximum Gasteiger partial charge on any atom is 0.0895 e. The van der Waals surface area contributed by atoms with Gasteiger partial charge in [-0.25, -0.2) is 9.98 Å². The highest BCUT2D eigenvalue weighted by Crippen LogP contribution is 2.10. The van der Waals surface area contributed by atoms with Crippen LogP contribution in [0.2, 0.25) is 0 Å². The summed E-state index contributed by atoms with van der Waals surface area (Å²) in [7, 11) is 2.15. The second-order valence-electron chi connectivity index (χ2n) is 3.24. The van der Waals surface area contributed by atoms with Crippen molar-refractivity contribution in [1.82, 2.24) is 4.90 Å². The van der Waals surface area contributed by atoms with Gasteiger partial charge in [-0.2, -0.15) is 0 Å². The third kappa shape index (κ3) is 3.16. The lowest BCUT2D eigenvalue weighted by molar-refractivity contribution is 0.257. The highest BCUT2D eigenvalue weighted by atomic mass is 15.1. The molecule has 1 heterocycles. The first-order valence-corrected chi connectivity index (χ1v) is 4.62. The Labute approximate surface area is 74.2 Å². The van der Waals surface area contributed by atoms with E-state index in [9.17, 15) is 0 Å². The molecule has 1 aliphatic heterocycles. The summed E-state index contributed by atoms with van der Waals surface area (Å²) in [5.74, 6) is 0. The molecule has 0 amide bonds. The third-order valence-corrected chi connectivity index (χ3v) is 2.16. The molecule has 68 valence electrons. The molecule has 0 aliphatic carbocycles. The summed E-state index contributed by atoms with van der Waals surface area (Å²) in [6, 6.07) is 3.22. The van der Waals surface area contributed by atoms with Gasteiger partial charge in [0.25, 0.3) is 0 Å². The van der Waals surface area contributed by atoms with Crippen molar-refractivity contribution in [3.05, 3.63) is 0 Å². The Kier molecular flexibility index (Phi) is 3.98. The molecule has 0 radical (unpaired) electrons. The van der Waals surface area contributed by atoms with Crippen molar-refractivity contribution in [1.29, 1.82) is 0 Å². The number of piperidine rings is 1. The van der Waals surface area contributed by atoms with E-state index in [1.54, 1.807) is 0 Å². The van der Waals surface area contributed by atoms with Crippen LogP contribution in [0.4, 0.5) is 0 Å². The molecule has 1 saturated heterocycles. The summed E-state index contributed by atoms with van der Waals surface area (Å²) in [5.41, 5.74) is 0. The highest BCUT2D eigenvalue weighted by molar-refractivity contribution is 5.41. The molecule has 0 N–H and O–H groups in total. The summed E-state index contributed by atoms with van der Waals surface area (Å²) in [4.78, 5) is 10.6. The largest absolute Gasteiger partial charge is 0.306 e. The van der Waals surface area contributed by atoms with E-state index in [0.29, 0.717) is 6.04 Å². The lowest BCUT2D eigenvalue weighted by Gasteiger charge is -2.25. The Morgan fingerprint density at radius 2 is 2.08 bits per heavy atom. The number of hydrogen-bond acceptors (Lipinski definition) is 3. The minimum absolute atomic E-state index is 0.469. The number of nitrogens with zero attached hydrogens (tertiary/aromatic N) is 3. The van der Waals surface area contributed by atoms with Crippen LogP contribution < -0.4 is 0 Å². The fourth-order valence-corrected chi connectivity index (χ4v) is 1.32. The van der Waals surface area contributed by atoms with E-state index in [1.165, 1.54) is 0 Å². The molecule has 0 aromatic rings. The average Bonchev–Trinajstić information content (AvgIpc) is 2.09. The first kappa shape index (κ1) is 9.43.